The van der Waals surface area contributed by atoms with E-state index in [9.17, 15) is 8.42 Å². The van der Waals surface area contributed by atoms with Gasteiger partial charge in [0, 0.05) is 38.6 Å². The Morgan fingerprint density at radius 2 is 1.77 bits per heavy atom. The number of sulfone groups is 1. The van der Waals surface area contributed by atoms with E-state index in [2.05, 4.69) is 45.4 Å². The zero-order valence-electron chi connectivity index (χ0n) is 18.6. The Bertz CT molecular complexity index is 952. The average molecular weight is 432 g/mol. The molecule has 0 unspecified atom stereocenters. The molecule has 0 radical (unpaired) electrons. The van der Waals surface area contributed by atoms with Crippen LogP contribution in [0.4, 0.5) is 5.82 Å². The van der Waals surface area contributed by atoms with E-state index >= 15 is 0 Å². The standard InChI is InChI=1S/C22H33N5O2S/c1-6-23-22(25-14-18-9-11-20(17(4)13-18)30(5,28)29)26-16-19-10-12-21(24-15-19)27(7-2)8-3/h9-13,15H,6-8,14,16H2,1-5H3,(H2,23,25,26). The fraction of sp³-hybridized carbons (Fsp3) is 0.455. The van der Waals surface area contributed by atoms with Gasteiger partial charge in [-0.3, -0.25) is 0 Å². The molecule has 0 aliphatic rings. The Hall–Kier alpha value is -2.61. The summed E-state index contributed by atoms with van der Waals surface area (Å²) in [6, 6.07) is 9.47. The minimum Gasteiger partial charge on any atom is -0.357 e. The molecule has 1 aromatic heterocycles. The van der Waals surface area contributed by atoms with Crippen molar-refractivity contribution in [3.8, 4) is 0 Å². The van der Waals surface area contributed by atoms with Crippen LogP contribution in [0.25, 0.3) is 0 Å². The van der Waals surface area contributed by atoms with Crippen molar-refractivity contribution in [2.24, 2.45) is 4.99 Å². The van der Waals surface area contributed by atoms with Gasteiger partial charge in [0.05, 0.1) is 11.4 Å². The first-order valence-corrected chi connectivity index (χ1v) is 12.2. The topological polar surface area (TPSA) is 86.7 Å². The lowest BCUT2D eigenvalue weighted by atomic mass is 10.1. The highest BCUT2D eigenvalue weighted by molar-refractivity contribution is 7.90. The van der Waals surface area contributed by atoms with Crippen molar-refractivity contribution < 1.29 is 8.42 Å². The third kappa shape index (κ3) is 6.73. The predicted molar refractivity (Wildman–Crippen MR) is 124 cm³/mol. The quantitative estimate of drug-likeness (QED) is 0.469. The summed E-state index contributed by atoms with van der Waals surface area (Å²) in [7, 11) is -3.21. The zero-order valence-corrected chi connectivity index (χ0v) is 19.4. The second-order valence-electron chi connectivity index (χ2n) is 7.12. The summed E-state index contributed by atoms with van der Waals surface area (Å²) >= 11 is 0. The van der Waals surface area contributed by atoms with Gasteiger partial charge in [-0.05, 0) is 56.5 Å². The molecular weight excluding hydrogens is 398 g/mol. The lowest BCUT2D eigenvalue weighted by molar-refractivity contribution is 0.601. The van der Waals surface area contributed by atoms with Gasteiger partial charge in [0.2, 0.25) is 0 Å². The maximum Gasteiger partial charge on any atom is 0.191 e. The number of nitrogens with one attached hydrogen (secondary N) is 2. The Morgan fingerprint density at radius 3 is 2.30 bits per heavy atom. The first-order valence-electron chi connectivity index (χ1n) is 10.3. The Morgan fingerprint density at radius 1 is 1.07 bits per heavy atom. The second-order valence-corrected chi connectivity index (χ2v) is 9.10. The molecule has 2 N–H and O–H groups in total. The summed E-state index contributed by atoms with van der Waals surface area (Å²) in [6.07, 6.45) is 3.10. The minimum atomic E-state index is -3.21. The molecule has 0 spiro atoms. The maximum absolute atomic E-state index is 11.8. The molecule has 7 nitrogen and oxygen atoms in total. The number of aryl methyl sites for hydroxylation is 1. The third-order valence-electron chi connectivity index (χ3n) is 4.76. The third-order valence-corrected chi connectivity index (χ3v) is 6.02. The molecule has 0 fully saturated rings. The molecule has 8 heteroatoms. The van der Waals surface area contributed by atoms with E-state index in [4.69, 9.17) is 0 Å². The van der Waals surface area contributed by atoms with Crippen LogP contribution in [0.2, 0.25) is 0 Å². The Labute approximate surface area is 180 Å². The van der Waals surface area contributed by atoms with E-state index < -0.39 is 9.84 Å². The highest BCUT2D eigenvalue weighted by atomic mass is 32.2. The van der Waals surface area contributed by atoms with Crippen LogP contribution in [0.5, 0.6) is 0 Å². The van der Waals surface area contributed by atoms with Crippen molar-refractivity contribution in [1.29, 1.82) is 0 Å². The largest absolute Gasteiger partial charge is 0.357 e. The summed E-state index contributed by atoms with van der Waals surface area (Å²) in [6.45, 7) is 11.7. The fourth-order valence-electron chi connectivity index (χ4n) is 3.18. The zero-order chi connectivity index (χ0) is 22.1. The van der Waals surface area contributed by atoms with Gasteiger partial charge in [-0.1, -0.05) is 18.2 Å². The van der Waals surface area contributed by atoms with E-state index in [0.717, 1.165) is 42.1 Å². The van der Waals surface area contributed by atoms with Crippen molar-refractivity contribution in [3.05, 3.63) is 53.2 Å². The van der Waals surface area contributed by atoms with Gasteiger partial charge < -0.3 is 15.5 Å². The van der Waals surface area contributed by atoms with E-state index in [0.29, 0.717) is 23.9 Å². The number of aromatic nitrogens is 1. The van der Waals surface area contributed by atoms with Gasteiger partial charge in [0.1, 0.15) is 5.82 Å². The van der Waals surface area contributed by atoms with E-state index in [-0.39, 0.29) is 0 Å². The molecular formula is C22H33N5O2S. The molecule has 0 saturated heterocycles. The highest BCUT2D eigenvalue weighted by Crippen LogP contribution is 2.16. The second kappa shape index (κ2) is 11.0. The number of benzene rings is 1. The van der Waals surface area contributed by atoms with Gasteiger partial charge >= 0.3 is 0 Å². The molecule has 164 valence electrons. The van der Waals surface area contributed by atoms with Crippen molar-refractivity contribution in [1.82, 2.24) is 15.6 Å². The molecule has 2 aromatic rings. The van der Waals surface area contributed by atoms with Crippen LogP contribution < -0.4 is 15.5 Å². The highest BCUT2D eigenvalue weighted by Gasteiger charge is 2.11. The summed E-state index contributed by atoms with van der Waals surface area (Å²) in [4.78, 5) is 11.8. The number of pyridine rings is 1. The molecule has 0 saturated carbocycles. The summed E-state index contributed by atoms with van der Waals surface area (Å²) in [5.74, 6) is 1.68. The number of anilines is 1. The van der Waals surface area contributed by atoms with Crippen LogP contribution >= 0.6 is 0 Å². The monoisotopic (exact) mass is 431 g/mol. The van der Waals surface area contributed by atoms with E-state index in [1.165, 1.54) is 6.26 Å². The van der Waals surface area contributed by atoms with Crippen LogP contribution in [-0.2, 0) is 22.9 Å². The molecule has 0 aliphatic heterocycles. The summed E-state index contributed by atoms with van der Waals surface area (Å²) in [5, 5.41) is 6.54. The van der Waals surface area contributed by atoms with Crippen molar-refractivity contribution in [2.45, 2.75) is 45.7 Å². The van der Waals surface area contributed by atoms with Gasteiger partial charge in [-0.25, -0.2) is 18.4 Å². The number of guanidine groups is 1. The molecule has 1 heterocycles. The molecule has 1 aromatic carbocycles. The van der Waals surface area contributed by atoms with Crippen molar-refractivity contribution in [2.75, 3.05) is 30.8 Å². The van der Waals surface area contributed by atoms with Crippen LogP contribution in [0.15, 0.2) is 46.4 Å². The molecule has 0 amide bonds. The first-order chi connectivity index (χ1) is 14.3. The normalized spacial score (nSPS) is 12.0. The lowest BCUT2D eigenvalue weighted by Gasteiger charge is -2.19. The molecule has 0 aliphatic carbocycles. The van der Waals surface area contributed by atoms with Gasteiger partial charge in [-0.2, -0.15) is 0 Å². The predicted octanol–water partition coefficient (Wildman–Crippen LogP) is 2.90. The summed E-state index contributed by atoms with van der Waals surface area (Å²) in [5.41, 5.74) is 2.78. The smallest absolute Gasteiger partial charge is 0.191 e. The van der Waals surface area contributed by atoms with Gasteiger partial charge in [-0.15, -0.1) is 0 Å². The number of rotatable bonds is 9. The first kappa shape index (κ1) is 23.7. The molecule has 0 atom stereocenters. The molecule has 0 bridgehead atoms. The average Bonchev–Trinajstić information content (AvgIpc) is 2.71. The van der Waals surface area contributed by atoms with E-state index in [1.807, 2.05) is 38.2 Å². The Kier molecular flexibility index (Phi) is 8.65. The van der Waals surface area contributed by atoms with Crippen LogP contribution in [0.1, 0.15) is 37.5 Å². The summed E-state index contributed by atoms with van der Waals surface area (Å²) < 4.78 is 23.6. The van der Waals surface area contributed by atoms with Gasteiger partial charge in [0.15, 0.2) is 15.8 Å². The van der Waals surface area contributed by atoms with Gasteiger partial charge in [0.25, 0.3) is 0 Å². The molecule has 30 heavy (non-hydrogen) atoms. The SMILES string of the molecule is CCNC(=NCc1ccc(N(CC)CC)nc1)NCc1ccc(S(C)(=O)=O)c(C)c1. The number of hydrogen-bond donors (Lipinski definition) is 2. The fourth-order valence-corrected chi connectivity index (χ4v) is 4.14. The van der Waals surface area contributed by atoms with Crippen LogP contribution in [0.3, 0.4) is 0 Å². The van der Waals surface area contributed by atoms with E-state index in [1.54, 1.807) is 6.07 Å². The lowest BCUT2D eigenvalue weighted by Crippen LogP contribution is -2.36. The van der Waals surface area contributed by atoms with Crippen LogP contribution in [0, 0.1) is 6.92 Å². The number of hydrogen-bond acceptors (Lipinski definition) is 5. The number of nitrogens with zero attached hydrogens (tertiary/aromatic N) is 3. The van der Waals surface area contributed by atoms with Crippen molar-refractivity contribution in [3.63, 3.8) is 0 Å². The molecule has 2 rings (SSSR count). The minimum absolute atomic E-state index is 0.368. The van der Waals surface area contributed by atoms with Crippen molar-refractivity contribution >= 4 is 21.6 Å². The maximum atomic E-state index is 11.8. The number of aliphatic imine (C=N–C) groups is 1. The van der Waals surface area contributed by atoms with Crippen LogP contribution in [-0.4, -0.2) is 45.3 Å². The Balaban J connectivity index is 2.03.